The number of halogens is 2. The third kappa shape index (κ3) is 4.96. The minimum atomic E-state index is -0.491. The molecule has 29 heavy (non-hydrogen) atoms. The van der Waals surface area contributed by atoms with Gasteiger partial charge in [0.25, 0.3) is 5.91 Å². The molecule has 154 valence electrons. The van der Waals surface area contributed by atoms with Crippen LogP contribution in [0.2, 0.25) is 5.15 Å². The molecule has 1 aromatic heterocycles. The Morgan fingerprint density at radius 2 is 2.07 bits per heavy atom. The van der Waals surface area contributed by atoms with Crippen LogP contribution in [-0.2, 0) is 0 Å². The van der Waals surface area contributed by atoms with Crippen molar-refractivity contribution in [3.8, 4) is 5.69 Å². The molecule has 0 fully saturated rings. The number of aryl methyl sites for hydroxylation is 1. The quantitative estimate of drug-likeness (QED) is 0.298. The smallest absolute Gasteiger partial charge is 0.303 e. The molecule has 0 spiro atoms. The first-order valence-corrected chi connectivity index (χ1v) is 11.3. The van der Waals surface area contributed by atoms with Crippen molar-refractivity contribution in [2.24, 2.45) is 0 Å². The van der Waals surface area contributed by atoms with E-state index in [0.717, 1.165) is 33.4 Å². The van der Waals surface area contributed by atoms with Gasteiger partial charge in [-0.15, -0.1) is 23.1 Å². The van der Waals surface area contributed by atoms with Gasteiger partial charge in [-0.25, -0.2) is 9.78 Å². The Bertz CT molecular complexity index is 1050. The summed E-state index contributed by atoms with van der Waals surface area (Å²) in [4.78, 5) is 34.2. The van der Waals surface area contributed by atoms with Gasteiger partial charge in [0, 0.05) is 10.6 Å². The number of pyridine rings is 1. The van der Waals surface area contributed by atoms with Gasteiger partial charge in [-0.3, -0.25) is 13.8 Å². The number of carbonyl (C=O) groups is 1. The standard InChI is InChI=1S/C19H20ClFN4O2S2/c1-11-12(2)29-18(28-10-5-3-4-9-21)15-16(24-19(27)25(11)15)23-17(26)13-7-6-8-14(20)22-13/h6-8H,3-5,9-10H2,1-2H3,(H,23,24,26,27). The van der Waals surface area contributed by atoms with Gasteiger partial charge in [0.2, 0.25) is 0 Å². The zero-order valence-corrected chi connectivity index (χ0v) is 18.4. The second-order valence-electron chi connectivity index (χ2n) is 6.36. The van der Waals surface area contributed by atoms with Gasteiger partial charge in [0.05, 0.1) is 10.9 Å². The van der Waals surface area contributed by atoms with Crippen molar-refractivity contribution in [1.82, 2.24) is 14.5 Å². The number of nitrogens with one attached hydrogen (secondary N) is 1. The molecule has 6 nitrogen and oxygen atoms in total. The highest BCUT2D eigenvalue weighted by Crippen LogP contribution is 2.38. The molecule has 0 unspecified atom stereocenters. The molecule has 0 bridgehead atoms. The highest BCUT2D eigenvalue weighted by Gasteiger charge is 2.25. The number of hydrogen-bond donors (Lipinski definition) is 1. The number of aromatic nitrogens is 3. The number of rotatable bonds is 8. The number of fused-ring (bicyclic) bond motifs is 1. The van der Waals surface area contributed by atoms with Crippen LogP contribution in [0.15, 0.2) is 27.2 Å². The average molecular weight is 455 g/mol. The van der Waals surface area contributed by atoms with Gasteiger partial charge < -0.3 is 5.32 Å². The number of hydrogen-bond acceptors (Lipinski definition) is 6. The maximum Gasteiger partial charge on any atom is 0.354 e. The van der Waals surface area contributed by atoms with Gasteiger partial charge in [0.1, 0.15) is 16.5 Å². The van der Waals surface area contributed by atoms with Crippen LogP contribution in [0.25, 0.3) is 5.69 Å². The van der Waals surface area contributed by atoms with Gasteiger partial charge in [-0.2, -0.15) is 4.98 Å². The van der Waals surface area contributed by atoms with Crippen molar-refractivity contribution in [3.63, 3.8) is 0 Å². The molecule has 0 saturated carbocycles. The SMILES string of the molecule is Cc1sc(SCCCCCF)c2c(NC(=O)c3cccc(Cl)n3)nc(=O)n-2c1C. The highest BCUT2D eigenvalue weighted by atomic mass is 35.5. The lowest BCUT2D eigenvalue weighted by molar-refractivity contribution is 0.102. The van der Waals surface area contributed by atoms with Crippen molar-refractivity contribution in [3.05, 3.63) is 50.1 Å². The molecule has 2 aliphatic rings. The first kappa shape index (κ1) is 21.7. The van der Waals surface area contributed by atoms with Crippen molar-refractivity contribution in [2.75, 3.05) is 17.7 Å². The molecule has 0 radical (unpaired) electrons. The van der Waals surface area contributed by atoms with Crippen LogP contribution >= 0.6 is 34.7 Å². The predicted molar refractivity (Wildman–Crippen MR) is 116 cm³/mol. The Morgan fingerprint density at radius 3 is 2.79 bits per heavy atom. The summed E-state index contributed by atoms with van der Waals surface area (Å²) in [5.41, 5.74) is 1.06. The van der Waals surface area contributed by atoms with Crippen LogP contribution in [0.3, 0.4) is 0 Å². The van der Waals surface area contributed by atoms with Crippen molar-refractivity contribution >= 4 is 46.4 Å². The fourth-order valence-corrected chi connectivity index (χ4v) is 5.43. The third-order valence-corrected chi connectivity index (χ3v) is 7.06. The molecule has 0 atom stereocenters. The summed E-state index contributed by atoms with van der Waals surface area (Å²) in [6.07, 6.45) is 2.23. The first-order valence-electron chi connectivity index (χ1n) is 9.07. The Kier molecular flexibility index (Phi) is 7.26. The van der Waals surface area contributed by atoms with Crippen LogP contribution in [-0.4, -0.2) is 32.9 Å². The average Bonchev–Trinajstić information content (AvgIpc) is 3.01. The third-order valence-electron chi connectivity index (χ3n) is 4.32. The zero-order valence-electron chi connectivity index (χ0n) is 16.0. The molecule has 2 aliphatic heterocycles. The Morgan fingerprint density at radius 1 is 1.28 bits per heavy atom. The number of carbonyl (C=O) groups excluding carboxylic acids is 1. The lowest BCUT2D eigenvalue weighted by atomic mass is 10.3. The normalized spacial score (nSPS) is 11.2. The molecule has 1 amide bonds. The van der Waals surface area contributed by atoms with Gasteiger partial charge >= 0.3 is 5.69 Å². The van der Waals surface area contributed by atoms with E-state index in [1.807, 2.05) is 13.8 Å². The fraction of sp³-hybridized carbons (Fsp3) is 0.368. The summed E-state index contributed by atoms with van der Waals surface area (Å²) in [6.45, 7) is 3.49. The number of unbranched alkanes of at least 4 members (excludes halogenated alkanes) is 2. The maximum atomic E-state index is 12.6. The van der Waals surface area contributed by atoms with E-state index in [2.05, 4.69) is 15.3 Å². The molecular formula is C19H20ClFN4O2S2. The molecule has 1 aromatic rings. The molecule has 0 aromatic carbocycles. The number of thioether (sulfide) groups is 1. The summed E-state index contributed by atoms with van der Waals surface area (Å²) in [7, 11) is 0. The topological polar surface area (TPSA) is 76.9 Å². The Hall–Kier alpha value is -1.97. The number of imidazole rings is 1. The summed E-state index contributed by atoms with van der Waals surface area (Å²) >= 11 is 9.00. The van der Waals surface area contributed by atoms with Crippen molar-refractivity contribution in [1.29, 1.82) is 0 Å². The maximum absolute atomic E-state index is 12.6. The van der Waals surface area contributed by atoms with Crippen LogP contribution in [0.5, 0.6) is 0 Å². The number of anilines is 1. The molecule has 0 aliphatic carbocycles. The molecule has 1 N–H and O–H groups in total. The van der Waals surface area contributed by atoms with E-state index in [-0.39, 0.29) is 23.3 Å². The molecule has 10 heteroatoms. The molecule has 3 rings (SSSR count). The lowest BCUT2D eigenvalue weighted by Crippen LogP contribution is -2.17. The van der Waals surface area contributed by atoms with E-state index in [9.17, 15) is 14.0 Å². The molecule has 0 saturated heterocycles. The minimum absolute atomic E-state index is 0.138. The Balaban J connectivity index is 1.93. The number of alkyl halides is 1. The highest BCUT2D eigenvalue weighted by molar-refractivity contribution is 8.01. The van der Waals surface area contributed by atoms with E-state index in [1.54, 1.807) is 35.2 Å². The predicted octanol–water partition coefficient (Wildman–Crippen LogP) is 4.88. The van der Waals surface area contributed by atoms with E-state index in [0.29, 0.717) is 12.1 Å². The summed E-state index contributed by atoms with van der Waals surface area (Å²) in [5, 5.41) is 2.90. The van der Waals surface area contributed by atoms with Gasteiger partial charge in [0.15, 0.2) is 5.82 Å². The van der Waals surface area contributed by atoms with Crippen molar-refractivity contribution < 1.29 is 9.18 Å². The largest absolute Gasteiger partial charge is 0.354 e. The van der Waals surface area contributed by atoms with E-state index >= 15 is 0 Å². The Labute approximate surface area is 180 Å². The lowest BCUT2D eigenvalue weighted by Gasteiger charge is -2.15. The number of amides is 1. The van der Waals surface area contributed by atoms with E-state index < -0.39 is 11.6 Å². The monoisotopic (exact) mass is 454 g/mol. The van der Waals surface area contributed by atoms with Crippen LogP contribution in [0.4, 0.5) is 10.2 Å². The van der Waals surface area contributed by atoms with E-state index in [1.165, 1.54) is 10.6 Å². The van der Waals surface area contributed by atoms with E-state index in [4.69, 9.17) is 11.6 Å². The minimum Gasteiger partial charge on any atom is -0.303 e. The zero-order chi connectivity index (χ0) is 21.0. The second-order valence-corrected chi connectivity index (χ2v) is 9.33. The van der Waals surface area contributed by atoms with Crippen LogP contribution < -0.4 is 11.0 Å². The van der Waals surface area contributed by atoms with Gasteiger partial charge in [-0.05, 0) is 44.6 Å². The van der Waals surface area contributed by atoms with Crippen LogP contribution in [0.1, 0.15) is 40.3 Å². The first-order chi connectivity index (χ1) is 13.9. The van der Waals surface area contributed by atoms with Crippen LogP contribution in [0, 0.1) is 13.8 Å². The van der Waals surface area contributed by atoms with Gasteiger partial charge in [-0.1, -0.05) is 24.1 Å². The molecule has 3 heterocycles. The summed E-state index contributed by atoms with van der Waals surface area (Å²) in [6, 6.07) is 4.74. The summed E-state index contributed by atoms with van der Waals surface area (Å²) in [5.74, 6) is 0.499. The summed E-state index contributed by atoms with van der Waals surface area (Å²) < 4.78 is 14.7. The van der Waals surface area contributed by atoms with Crippen molar-refractivity contribution in [2.45, 2.75) is 37.3 Å². The number of nitrogens with zero attached hydrogens (tertiary/aromatic N) is 3. The second kappa shape index (κ2) is 9.69. The fourth-order valence-electron chi connectivity index (χ4n) is 2.75. The molecular weight excluding hydrogens is 435 g/mol.